The van der Waals surface area contributed by atoms with Gasteiger partial charge in [-0.1, -0.05) is 0 Å². The molecule has 0 bridgehead atoms. The number of halogens is 3. The van der Waals surface area contributed by atoms with Crippen molar-refractivity contribution in [3.8, 4) is 5.75 Å². The first-order chi connectivity index (χ1) is 9.35. The molecule has 0 radical (unpaired) electrons. The van der Waals surface area contributed by atoms with Crippen LogP contribution in [-0.4, -0.2) is 55.3 Å². The van der Waals surface area contributed by atoms with Gasteiger partial charge in [-0.25, -0.2) is 0 Å². The first kappa shape index (κ1) is 16.5. The molecule has 0 spiro atoms. The van der Waals surface area contributed by atoms with Gasteiger partial charge in [-0.3, -0.25) is 9.69 Å². The first-order valence-electron chi connectivity index (χ1n) is 5.93. The monoisotopic (exact) mass is 291 g/mol. The van der Waals surface area contributed by atoms with Crippen LogP contribution in [0.4, 0.5) is 13.2 Å². The van der Waals surface area contributed by atoms with Crippen LogP contribution < -0.4 is 4.74 Å². The number of methoxy groups -OCH3 is 1. The highest BCUT2D eigenvalue weighted by atomic mass is 19.4. The van der Waals surface area contributed by atoms with E-state index in [9.17, 15) is 18.0 Å². The molecule has 0 atom stereocenters. The summed E-state index contributed by atoms with van der Waals surface area (Å²) in [4.78, 5) is 12.8. The van der Waals surface area contributed by atoms with E-state index in [1.165, 1.54) is 19.2 Å². The summed E-state index contributed by atoms with van der Waals surface area (Å²) >= 11 is 0. The van der Waals surface area contributed by atoms with Crippen molar-refractivity contribution in [3.63, 3.8) is 0 Å². The zero-order valence-corrected chi connectivity index (χ0v) is 11.0. The van der Waals surface area contributed by atoms with Gasteiger partial charge in [0.15, 0.2) is 5.78 Å². The molecule has 1 aromatic carbocycles. The van der Waals surface area contributed by atoms with Crippen molar-refractivity contribution in [2.75, 3.05) is 33.4 Å². The number of carbonyl (C=O) groups excluding carboxylic acids is 1. The molecular weight excluding hydrogens is 275 g/mol. The maximum absolute atomic E-state index is 12.3. The van der Waals surface area contributed by atoms with E-state index in [0.717, 1.165) is 4.90 Å². The van der Waals surface area contributed by atoms with Gasteiger partial charge in [0.1, 0.15) is 5.75 Å². The second-order valence-electron chi connectivity index (χ2n) is 4.20. The Morgan fingerprint density at radius 3 is 2.35 bits per heavy atom. The molecule has 0 aliphatic heterocycles. The summed E-state index contributed by atoms with van der Waals surface area (Å²) < 4.78 is 41.9. The van der Waals surface area contributed by atoms with Crippen LogP contribution in [0.15, 0.2) is 24.3 Å². The van der Waals surface area contributed by atoms with Gasteiger partial charge in [0.25, 0.3) is 0 Å². The fraction of sp³-hybridized carbons (Fsp3) is 0.462. The first-order valence-corrected chi connectivity index (χ1v) is 5.93. The number of hydrogen-bond donors (Lipinski definition) is 1. The van der Waals surface area contributed by atoms with Crippen LogP contribution in [0.25, 0.3) is 0 Å². The Labute approximate surface area is 114 Å². The van der Waals surface area contributed by atoms with Crippen molar-refractivity contribution in [1.82, 2.24) is 4.90 Å². The second-order valence-corrected chi connectivity index (χ2v) is 4.20. The lowest BCUT2D eigenvalue weighted by atomic mass is 10.1. The summed E-state index contributed by atoms with van der Waals surface area (Å²) in [5, 5.41) is 8.75. The number of Topliss-reactive ketones (excluding diaryl/α,β-unsaturated/α-hetero) is 1. The number of aliphatic hydroxyl groups excluding tert-OH is 1. The minimum Gasteiger partial charge on any atom is -0.497 e. The molecule has 112 valence electrons. The SMILES string of the molecule is COc1ccc(C(=O)CN(CCO)CC(F)(F)F)cc1. The summed E-state index contributed by atoms with van der Waals surface area (Å²) in [6, 6.07) is 6.11. The van der Waals surface area contributed by atoms with Crippen LogP contribution in [0, 0.1) is 0 Å². The van der Waals surface area contributed by atoms with Gasteiger partial charge in [-0.05, 0) is 24.3 Å². The van der Waals surface area contributed by atoms with Gasteiger partial charge in [0.2, 0.25) is 0 Å². The van der Waals surface area contributed by atoms with E-state index in [1.807, 2.05) is 0 Å². The molecule has 1 aromatic rings. The van der Waals surface area contributed by atoms with Gasteiger partial charge >= 0.3 is 6.18 Å². The standard InChI is InChI=1S/C13H16F3NO3/c1-20-11-4-2-10(3-5-11)12(19)8-17(6-7-18)9-13(14,15)16/h2-5,18H,6-9H2,1H3. The number of nitrogens with zero attached hydrogens (tertiary/aromatic N) is 1. The molecule has 1 rings (SSSR count). The van der Waals surface area contributed by atoms with Gasteiger partial charge < -0.3 is 9.84 Å². The summed E-state index contributed by atoms with van der Waals surface area (Å²) in [5.41, 5.74) is 0.302. The summed E-state index contributed by atoms with van der Waals surface area (Å²) in [6.07, 6.45) is -4.41. The number of carbonyl (C=O) groups is 1. The van der Waals surface area contributed by atoms with E-state index in [4.69, 9.17) is 9.84 Å². The Balaban J connectivity index is 2.69. The van der Waals surface area contributed by atoms with Crippen LogP contribution >= 0.6 is 0 Å². The lowest BCUT2D eigenvalue weighted by molar-refractivity contribution is -0.145. The molecule has 0 fully saturated rings. The number of ether oxygens (including phenoxy) is 1. The third-order valence-electron chi connectivity index (χ3n) is 2.60. The Hall–Kier alpha value is -1.60. The van der Waals surface area contributed by atoms with Gasteiger partial charge in [-0.15, -0.1) is 0 Å². The zero-order valence-electron chi connectivity index (χ0n) is 11.0. The Bertz CT molecular complexity index is 431. The van der Waals surface area contributed by atoms with E-state index in [1.54, 1.807) is 12.1 Å². The molecule has 20 heavy (non-hydrogen) atoms. The van der Waals surface area contributed by atoms with E-state index in [2.05, 4.69) is 0 Å². The van der Waals surface area contributed by atoms with E-state index in [-0.39, 0.29) is 6.54 Å². The Kier molecular flexibility index (Phi) is 5.97. The second kappa shape index (κ2) is 7.25. The molecule has 1 N–H and O–H groups in total. The Morgan fingerprint density at radius 2 is 1.90 bits per heavy atom. The van der Waals surface area contributed by atoms with Crippen molar-refractivity contribution in [3.05, 3.63) is 29.8 Å². The van der Waals surface area contributed by atoms with Crippen LogP contribution in [0.3, 0.4) is 0 Å². The fourth-order valence-electron chi connectivity index (χ4n) is 1.68. The van der Waals surface area contributed by atoms with E-state index >= 15 is 0 Å². The quantitative estimate of drug-likeness (QED) is 0.777. The lowest BCUT2D eigenvalue weighted by Gasteiger charge is -2.21. The third-order valence-corrected chi connectivity index (χ3v) is 2.60. The molecule has 0 aromatic heterocycles. The number of alkyl halides is 3. The lowest BCUT2D eigenvalue weighted by Crippen LogP contribution is -2.39. The predicted molar refractivity (Wildman–Crippen MR) is 66.9 cm³/mol. The van der Waals surface area contributed by atoms with Crippen LogP contribution in [0.5, 0.6) is 5.75 Å². The van der Waals surface area contributed by atoms with Gasteiger partial charge in [0.05, 0.1) is 26.8 Å². The minimum atomic E-state index is -4.41. The average Bonchev–Trinajstić information content (AvgIpc) is 2.37. The number of benzene rings is 1. The maximum Gasteiger partial charge on any atom is 0.401 e. The molecule has 0 amide bonds. The smallest absolute Gasteiger partial charge is 0.401 e. The number of rotatable bonds is 7. The largest absolute Gasteiger partial charge is 0.497 e. The summed E-state index contributed by atoms with van der Waals surface area (Å²) in [5.74, 6) is 0.120. The molecule has 0 saturated carbocycles. The van der Waals surface area contributed by atoms with E-state index < -0.39 is 31.7 Å². The van der Waals surface area contributed by atoms with Crippen molar-refractivity contribution < 1.29 is 27.8 Å². The minimum absolute atomic E-state index is 0.207. The number of aliphatic hydroxyl groups is 1. The third kappa shape index (κ3) is 5.58. The van der Waals surface area contributed by atoms with Gasteiger partial charge in [0, 0.05) is 12.1 Å². The zero-order chi connectivity index (χ0) is 15.2. The number of hydrogen-bond acceptors (Lipinski definition) is 4. The fourth-order valence-corrected chi connectivity index (χ4v) is 1.68. The Morgan fingerprint density at radius 1 is 1.30 bits per heavy atom. The van der Waals surface area contributed by atoms with Crippen LogP contribution in [-0.2, 0) is 0 Å². The van der Waals surface area contributed by atoms with Crippen molar-refractivity contribution >= 4 is 5.78 Å². The molecule has 0 aliphatic carbocycles. The molecule has 0 saturated heterocycles. The van der Waals surface area contributed by atoms with Crippen molar-refractivity contribution in [2.45, 2.75) is 6.18 Å². The van der Waals surface area contributed by atoms with Gasteiger partial charge in [-0.2, -0.15) is 13.2 Å². The average molecular weight is 291 g/mol. The topological polar surface area (TPSA) is 49.8 Å². The van der Waals surface area contributed by atoms with Crippen molar-refractivity contribution in [2.24, 2.45) is 0 Å². The molecular formula is C13H16F3NO3. The van der Waals surface area contributed by atoms with Crippen LogP contribution in [0.2, 0.25) is 0 Å². The van der Waals surface area contributed by atoms with Crippen LogP contribution in [0.1, 0.15) is 10.4 Å². The molecule has 0 heterocycles. The highest BCUT2D eigenvalue weighted by Gasteiger charge is 2.31. The normalized spacial score (nSPS) is 11.7. The van der Waals surface area contributed by atoms with Crippen molar-refractivity contribution in [1.29, 1.82) is 0 Å². The highest BCUT2D eigenvalue weighted by Crippen LogP contribution is 2.17. The molecule has 7 heteroatoms. The molecule has 0 unspecified atom stereocenters. The molecule has 0 aliphatic rings. The molecule has 4 nitrogen and oxygen atoms in total. The predicted octanol–water partition coefficient (Wildman–Crippen LogP) is 1.73. The summed E-state index contributed by atoms with van der Waals surface area (Å²) in [6.45, 7) is -2.27. The number of ketones is 1. The summed E-state index contributed by atoms with van der Waals surface area (Å²) in [7, 11) is 1.48. The maximum atomic E-state index is 12.3. The highest BCUT2D eigenvalue weighted by molar-refractivity contribution is 5.97. The van der Waals surface area contributed by atoms with E-state index in [0.29, 0.717) is 11.3 Å².